The SMILES string of the molecule is O=C(Nc1ccc2c(c1)[C@@H]1C[C@H](CC(=O)N3CCCCC3)O[C@@H](CO)[C@@H]1O2)NC1CCCC1. The Kier molecular flexibility index (Phi) is 6.74. The number of likely N-dealkylation sites (tertiary alicyclic amines) is 1. The van der Waals surface area contributed by atoms with Crippen molar-refractivity contribution >= 4 is 17.6 Å². The van der Waals surface area contributed by atoms with E-state index in [-0.39, 0.29) is 42.7 Å². The summed E-state index contributed by atoms with van der Waals surface area (Å²) in [5.41, 5.74) is 1.73. The second-order valence-electron chi connectivity index (χ2n) is 9.88. The van der Waals surface area contributed by atoms with Gasteiger partial charge < -0.3 is 30.1 Å². The Morgan fingerprint density at radius 1 is 1.09 bits per heavy atom. The van der Waals surface area contributed by atoms with Crippen molar-refractivity contribution in [3.05, 3.63) is 23.8 Å². The highest BCUT2D eigenvalue weighted by molar-refractivity contribution is 5.89. The molecule has 0 bridgehead atoms. The number of urea groups is 1. The van der Waals surface area contributed by atoms with Gasteiger partial charge in [-0.25, -0.2) is 4.79 Å². The highest BCUT2D eigenvalue weighted by Crippen LogP contribution is 2.47. The smallest absolute Gasteiger partial charge is 0.319 e. The summed E-state index contributed by atoms with van der Waals surface area (Å²) in [4.78, 5) is 27.2. The minimum Gasteiger partial charge on any atom is -0.487 e. The summed E-state index contributed by atoms with van der Waals surface area (Å²) in [6, 6.07) is 5.77. The van der Waals surface area contributed by atoms with Crippen LogP contribution in [-0.2, 0) is 9.53 Å². The molecule has 5 rings (SSSR count). The van der Waals surface area contributed by atoms with Crippen molar-refractivity contribution < 1.29 is 24.2 Å². The third-order valence-corrected chi connectivity index (χ3v) is 7.56. The van der Waals surface area contributed by atoms with Crippen LogP contribution in [-0.4, -0.2) is 66.0 Å². The number of anilines is 1. The monoisotopic (exact) mass is 457 g/mol. The van der Waals surface area contributed by atoms with E-state index in [4.69, 9.17) is 9.47 Å². The Morgan fingerprint density at radius 3 is 2.64 bits per heavy atom. The number of amides is 3. The van der Waals surface area contributed by atoms with Crippen LogP contribution in [0, 0.1) is 0 Å². The van der Waals surface area contributed by atoms with Gasteiger partial charge in [0.1, 0.15) is 18.0 Å². The first-order valence-electron chi connectivity index (χ1n) is 12.5. The largest absolute Gasteiger partial charge is 0.487 e. The molecule has 1 saturated carbocycles. The molecule has 0 spiro atoms. The minimum atomic E-state index is -0.475. The van der Waals surface area contributed by atoms with E-state index in [2.05, 4.69) is 10.6 Å². The lowest BCUT2D eigenvalue weighted by Crippen LogP contribution is -2.48. The van der Waals surface area contributed by atoms with Crippen molar-refractivity contribution in [1.82, 2.24) is 10.2 Å². The summed E-state index contributed by atoms with van der Waals surface area (Å²) in [5, 5.41) is 16.0. The van der Waals surface area contributed by atoms with Crippen LogP contribution in [0.25, 0.3) is 0 Å². The molecule has 3 aliphatic heterocycles. The molecular formula is C25H35N3O5. The number of nitrogens with one attached hydrogen (secondary N) is 2. The lowest BCUT2D eigenvalue weighted by molar-refractivity contribution is -0.149. The number of fused-ring (bicyclic) bond motifs is 3. The van der Waals surface area contributed by atoms with E-state index in [0.717, 1.165) is 55.8 Å². The molecule has 4 aliphatic rings. The number of aliphatic hydroxyl groups is 1. The van der Waals surface area contributed by atoms with Crippen LogP contribution < -0.4 is 15.4 Å². The number of piperidine rings is 1. The molecule has 8 heteroatoms. The minimum absolute atomic E-state index is 0.0182. The maximum Gasteiger partial charge on any atom is 0.319 e. The molecule has 1 aliphatic carbocycles. The van der Waals surface area contributed by atoms with Gasteiger partial charge in [-0.1, -0.05) is 12.8 Å². The molecule has 1 aromatic rings. The Morgan fingerprint density at radius 2 is 1.88 bits per heavy atom. The highest BCUT2D eigenvalue weighted by atomic mass is 16.6. The summed E-state index contributed by atoms with van der Waals surface area (Å²) in [6.45, 7) is 1.49. The molecule has 2 saturated heterocycles. The van der Waals surface area contributed by atoms with Gasteiger partial charge in [-0.2, -0.15) is 0 Å². The summed E-state index contributed by atoms with van der Waals surface area (Å²) in [5.74, 6) is 0.912. The van der Waals surface area contributed by atoms with Gasteiger partial charge in [0.2, 0.25) is 5.91 Å². The number of carbonyl (C=O) groups is 2. The van der Waals surface area contributed by atoms with Crippen LogP contribution in [0.3, 0.4) is 0 Å². The van der Waals surface area contributed by atoms with Crippen LogP contribution in [0.4, 0.5) is 10.5 Å². The molecule has 3 amide bonds. The number of aliphatic hydroxyl groups excluding tert-OH is 1. The average molecular weight is 458 g/mol. The Labute approximate surface area is 195 Å². The predicted octanol–water partition coefficient (Wildman–Crippen LogP) is 3.15. The standard InChI is InChI=1S/C25H35N3O5/c29-15-22-24-20(13-18(32-22)14-23(30)28-10-4-1-5-11-28)19-12-17(8-9-21(19)33-24)27-25(31)26-16-6-2-3-7-16/h8-9,12,16,18,20,22,24,29H,1-7,10-11,13-15H2,(H2,26,27,31)/t18-,20+,22+,24-/m1/s1. The molecule has 33 heavy (non-hydrogen) atoms. The van der Waals surface area contributed by atoms with Gasteiger partial charge in [0.05, 0.1) is 19.1 Å². The topological polar surface area (TPSA) is 100 Å². The lowest BCUT2D eigenvalue weighted by atomic mass is 9.84. The Hall–Kier alpha value is -2.32. The van der Waals surface area contributed by atoms with Crippen molar-refractivity contribution in [2.45, 2.75) is 88.1 Å². The predicted molar refractivity (Wildman–Crippen MR) is 123 cm³/mol. The third-order valence-electron chi connectivity index (χ3n) is 7.56. The zero-order valence-electron chi connectivity index (χ0n) is 19.1. The quantitative estimate of drug-likeness (QED) is 0.631. The van der Waals surface area contributed by atoms with E-state index in [1.54, 1.807) is 0 Å². The van der Waals surface area contributed by atoms with Crippen molar-refractivity contribution in [3.8, 4) is 5.75 Å². The molecule has 8 nitrogen and oxygen atoms in total. The van der Waals surface area contributed by atoms with Crippen molar-refractivity contribution in [3.63, 3.8) is 0 Å². The van der Waals surface area contributed by atoms with Gasteiger partial charge in [-0.15, -0.1) is 0 Å². The van der Waals surface area contributed by atoms with Crippen molar-refractivity contribution in [2.75, 3.05) is 25.0 Å². The fourth-order valence-corrected chi connectivity index (χ4v) is 5.86. The number of ether oxygens (including phenoxy) is 2. The second-order valence-corrected chi connectivity index (χ2v) is 9.88. The van der Waals surface area contributed by atoms with Gasteiger partial charge in [0, 0.05) is 36.3 Å². The molecule has 3 N–H and O–H groups in total. The first kappa shape index (κ1) is 22.5. The molecule has 180 valence electrons. The molecule has 3 heterocycles. The maximum absolute atomic E-state index is 12.8. The van der Waals surface area contributed by atoms with E-state index in [9.17, 15) is 14.7 Å². The normalized spacial score (nSPS) is 29.2. The van der Waals surface area contributed by atoms with E-state index < -0.39 is 6.10 Å². The van der Waals surface area contributed by atoms with Crippen molar-refractivity contribution in [2.24, 2.45) is 0 Å². The van der Waals surface area contributed by atoms with Gasteiger partial charge in [-0.3, -0.25) is 4.79 Å². The first-order valence-corrected chi connectivity index (χ1v) is 12.5. The maximum atomic E-state index is 12.8. The molecule has 4 atom stereocenters. The van der Waals surface area contributed by atoms with E-state index in [1.165, 1.54) is 19.3 Å². The van der Waals surface area contributed by atoms with Crippen LogP contribution in [0.5, 0.6) is 5.75 Å². The van der Waals surface area contributed by atoms with Crippen LogP contribution in [0.15, 0.2) is 18.2 Å². The Bertz CT molecular complexity index is 866. The number of carbonyl (C=O) groups excluding carboxylic acids is 2. The first-order chi connectivity index (χ1) is 16.1. The highest BCUT2D eigenvalue weighted by Gasteiger charge is 2.46. The second kappa shape index (κ2) is 9.89. The van der Waals surface area contributed by atoms with Gasteiger partial charge in [-0.05, 0) is 56.7 Å². The molecule has 0 unspecified atom stereocenters. The summed E-state index contributed by atoms with van der Waals surface area (Å²) in [7, 11) is 0. The lowest BCUT2D eigenvalue weighted by Gasteiger charge is -2.38. The summed E-state index contributed by atoms with van der Waals surface area (Å²) >= 11 is 0. The van der Waals surface area contributed by atoms with E-state index in [1.807, 2.05) is 23.1 Å². The van der Waals surface area contributed by atoms with E-state index in [0.29, 0.717) is 12.8 Å². The Balaban J connectivity index is 1.26. The molecule has 0 aromatic heterocycles. The van der Waals surface area contributed by atoms with Crippen LogP contribution in [0.1, 0.15) is 69.3 Å². The fourth-order valence-electron chi connectivity index (χ4n) is 5.86. The van der Waals surface area contributed by atoms with Gasteiger partial charge >= 0.3 is 6.03 Å². The number of nitrogens with zero attached hydrogens (tertiary/aromatic N) is 1. The molecular weight excluding hydrogens is 422 g/mol. The summed E-state index contributed by atoms with van der Waals surface area (Å²) in [6.07, 6.45) is 7.69. The number of hydrogen-bond donors (Lipinski definition) is 3. The number of hydrogen-bond acceptors (Lipinski definition) is 5. The zero-order valence-corrected chi connectivity index (χ0v) is 19.1. The third kappa shape index (κ3) is 4.96. The van der Waals surface area contributed by atoms with Crippen LogP contribution in [0.2, 0.25) is 0 Å². The van der Waals surface area contributed by atoms with Crippen molar-refractivity contribution in [1.29, 1.82) is 0 Å². The summed E-state index contributed by atoms with van der Waals surface area (Å²) < 4.78 is 12.3. The zero-order chi connectivity index (χ0) is 22.8. The number of rotatable bonds is 5. The number of benzene rings is 1. The molecule has 1 aromatic carbocycles. The van der Waals surface area contributed by atoms with E-state index >= 15 is 0 Å². The van der Waals surface area contributed by atoms with Gasteiger partial charge in [0.15, 0.2) is 0 Å². The van der Waals surface area contributed by atoms with Crippen LogP contribution >= 0.6 is 0 Å². The molecule has 3 fully saturated rings. The molecule has 0 radical (unpaired) electrons. The average Bonchev–Trinajstić information content (AvgIpc) is 3.46. The fraction of sp³-hybridized carbons (Fsp3) is 0.680. The van der Waals surface area contributed by atoms with Gasteiger partial charge in [0.25, 0.3) is 0 Å².